The maximum atomic E-state index is 11.6. The Hall–Kier alpha value is -1.30. The molecule has 0 aromatic carbocycles. The molecular formula is C18H32BNO4. The van der Waals surface area contributed by atoms with Gasteiger partial charge >= 0.3 is 19.1 Å². The van der Waals surface area contributed by atoms with E-state index < -0.39 is 7.12 Å². The van der Waals surface area contributed by atoms with Crippen LogP contribution in [-0.2, 0) is 18.9 Å². The molecule has 0 N–H and O–H groups in total. The predicted octanol–water partition coefficient (Wildman–Crippen LogP) is 3.59. The van der Waals surface area contributed by atoms with E-state index in [1.807, 2.05) is 6.08 Å². The van der Waals surface area contributed by atoms with Crippen LogP contribution < -0.4 is 0 Å². The molecule has 0 radical (unpaired) electrons. The first-order valence-corrected chi connectivity index (χ1v) is 9.34. The van der Waals surface area contributed by atoms with Gasteiger partial charge in [0.2, 0.25) is 0 Å². The number of unbranched alkanes of at least 4 members (excludes halogenated alkanes) is 8. The molecule has 0 aromatic rings. The molecule has 1 aliphatic heterocycles. The van der Waals surface area contributed by atoms with Crippen molar-refractivity contribution in [2.24, 2.45) is 0 Å². The Balaban J connectivity index is 2.08. The van der Waals surface area contributed by atoms with Gasteiger partial charge in [-0.1, -0.05) is 64.0 Å². The van der Waals surface area contributed by atoms with Gasteiger partial charge in [-0.05, 0) is 19.9 Å². The van der Waals surface area contributed by atoms with Gasteiger partial charge in [-0.3, -0.25) is 14.5 Å². The van der Waals surface area contributed by atoms with Crippen molar-refractivity contribution < 1.29 is 18.9 Å². The lowest BCUT2D eigenvalue weighted by Gasteiger charge is -2.21. The van der Waals surface area contributed by atoms with Gasteiger partial charge < -0.3 is 9.31 Å². The Kier molecular flexibility index (Phi) is 11.3. The molecule has 0 spiro atoms. The average molecular weight is 337 g/mol. The van der Waals surface area contributed by atoms with Gasteiger partial charge in [-0.25, -0.2) is 0 Å². The fourth-order valence-electron chi connectivity index (χ4n) is 2.71. The second-order valence-electron chi connectivity index (χ2n) is 6.55. The molecule has 1 saturated heterocycles. The third kappa shape index (κ3) is 10.5. The summed E-state index contributed by atoms with van der Waals surface area (Å²) in [6.45, 7) is 2.48. The molecule has 0 atom stereocenters. The largest absolute Gasteiger partial charge is 0.602 e. The third-order valence-electron chi connectivity index (χ3n) is 4.04. The Morgan fingerprint density at radius 1 is 0.917 bits per heavy atom. The minimum atomic E-state index is -0.784. The fourth-order valence-corrected chi connectivity index (χ4v) is 2.71. The van der Waals surface area contributed by atoms with Gasteiger partial charge in [0, 0.05) is 6.32 Å². The SMILES string of the molecule is CCCCCCCCCC/C=C/CB1OC(=O)CN(C)CC(=O)O1. The van der Waals surface area contributed by atoms with Crippen LogP contribution in [0, 0.1) is 0 Å². The van der Waals surface area contributed by atoms with Crippen LogP contribution in [0.25, 0.3) is 0 Å². The molecule has 6 heteroatoms. The third-order valence-corrected chi connectivity index (χ3v) is 4.04. The number of carbonyl (C=O) groups is 2. The Labute approximate surface area is 146 Å². The molecule has 5 nitrogen and oxygen atoms in total. The molecule has 0 aromatic heterocycles. The number of nitrogens with zero attached hydrogens (tertiary/aromatic N) is 1. The maximum absolute atomic E-state index is 11.6. The minimum absolute atomic E-state index is 0.119. The van der Waals surface area contributed by atoms with E-state index in [0.717, 1.165) is 6.42 Å². The van der Waals surface area contributed by atoms with Gasteiger partial charge in [0.1, 0.15) is 0 Å². The lowest BCUT2D eigenvalue weighted by atomic mass is 9.84. The molecule has 0 saturated carbocycles. The van der Waals surface area contributed by atoms with Crippen LogP contribution in [0.3, 0.4) is 0 Å². The summed E-state index contributed by atoms with van der Waals surface area (Å²) in [5, 5.41) is 0. The zero-order valence-corrected chi connectivity index (χ0v) is 15.3. The van der Waals surface area contributed by atoms with Crippen molar-refractivity contribution in [1.29, 1.82) is 0 Å². The highest BCUT2D eigenvalue weighted by Crippen LogP contribution is 2.10. The van der Waals surface area contributed by atoms with Crippen LogP contribution in [0.5, 0.6) is 0 Å². The predicted molar refractivity (Wildman–Crippen MR) is 96.6 cm³/mol. The summed E-state index contributed by atoms with van der Waals surface area (Å²) in [7, 11) is 0.903. The number of hydrogen-bond acceptors (Lipinski definition) is 5. The lowest BCUT2D eigenvalue weighted by molar-refractivity contribution is -0.145. The molecule has 0 aliphatic carbocycles. The Morgan fingerprint density at radius 2 is 1.46 bits per heavy atom. The summed E-state index contributed by atoms with van der Waals surface area (Å²) in [6, 6.07) is 0. The quantitative estimate of drug-likeness (QED) is 0.328. The van der Waals surface area contributed by atoms with E-state index in [-0.39, 0.29) is 25.0 Å². The standard InChI is InChI=1S/C18H32BNO4/c1-3-4-5-6-7-8-9-10-11-12-13-14-19-23-17(21)15-20(2)16-18(22)24-19/h12-13H,3-11,14-16H2,1-2H3/b13-12+. The van der Waals surface area contributed by atoms with Crippen molar-refractivity contribution in [3.63, 3.8) is 0 Å². The highest BCUT2D eigenvalue weighted by Gasteiger charge is 2.30. The van der Waals surface area contributed by atoms with Crippen LogP contribution in [0.4, 0.5) is 0 Å². The minimum Gasteiger partial charge on any atom is -0.498 e. The highest BCUT2D eigenvalue weighted by molar-refractivity contribution is 6.49. The van der Waals surface area contributed by atoms with Gasteiger partial charge in [-0.15, -0.1) is 0 Å². The Morgan fingerprint density at radius 3 is 2.04 bits per heavy atom. The number of carbonyl (C=O) groups excluding carboxylic acids is 2. The average Bonchev–Trinajstić information content (AvgIpc) is 2.50. The summed E-state index contributed by atoms with van der Waals surface area (Å²) in [4.78, 5) is 24.8. The second-order valence-corrected chi connectivity index (χ2v) is 6.55. The van der Waals surface area contributed by atoms with E-state index in [1.165, 1.54) is 51.4 Å². The molecular weight excluding hydrogens is 305 g/mol. The molecule has 136 valence electrons. The topological polar surface area (TPSA) is 55.8 Å². The van der Waals surface area contributed by atoms with Crippen LogP contribution >= 0.6 is 0 Å². The number of rotatable bonds is 11. The molecule has 0 unspecified atom stereocenters. The van der Waals surface area contributed by atoms with E-state index in [9.17, 15) is 9.59 Å². The lowest BCUT2D eigenvalue weighted by Crippen LogP contribution is -2.42. The van der Waals surface area contributed by atoms with Crippen molar-refractivity contribution in [3.8, 4) is 0 Å². The first-order valence-electron chi connectivity index (χ1n) is 9.34. The summed E-state index contributed by atoms with van der Waals surface area (Å²) >= 11 is 0. The van der Waals surface area contributed by atoms with E-state index in [2.05, 4.69) is 13.0 Å². The van der Waals surface area contributed by atoms with Crippen LogP contribution in [-0.4, -0.2) is 44.1 Å². The fraction of sp³-hybridized carbons (Fsp3) is 0.778. The summed E-state index contributed by atoms with van der Waals surface area (Å²) in [5.41, 5.74) is 0. The molecule has 1 aliphatic rings. The number of hydrogen-bond donors (Lipinski definition) is 0. The molecule has 1 rings (SSSR count). The van der Waals surface area contributed by atoms with Crippen molar-refractivity contribution in [2.75, 3.05) is 20.1 Å². The van der Waals surface area contributed by atoms with Gasteiger partial charge in [0.15, 0.2) is 0 Å². The van der Waals surface area contributed by atoms with E-state index in [0.29, 0.717) is 6.32 Å². The maximum Gasteiger partial charge on any atom is 0.602 e. The molecule has 0 amide bonds. The van der Waals surface area contributed by atoms with E-state index in [1.54, 1.807) is 11.9 Å². The summed E-state index contributed by atoms with van der Waals surface area (Å²) < 4.78 is 10.3. The normalized spacial score (nSPS) is 16.8. The van der Waals surface area contributed by atoms with Crippen molar-refractivity contribution in [1.82, 2.24) is 4.90 Å². The summed E-state index contributed by atoms with van der Waals surface area (Å²) in [6.07, 6.45) is 15.9. The van der Waals surface area contributed by atoms with Crippen molar-refractivity contribution >= 4 is 19.1 Å². The van der Waals surface area contributed by atoms with Crippen LogP contribution in [0.15, 0.2) is 12.2 Å². The molecule has 1 heterocycles. The zero-order valence-electron chi connectivity index (χ0n) is 15.3. The van der Waals surface area contributed by atoms with E-state index >= 15 is 0 Å². The highest BCUT2D eigenvalue weighted by atomic mass is 16.6. The number of likely N-dealkylation sites (N-methyl/N-ethyl adjacent to an activating group) is 1. The van der Waals surface area contributed by atoms with Gasteiger partial charge in [0.05, 0.1) is 13.1 Å². The zero-order chi connectivity index (χ0) is 17.6. The van der Waals surface area contributed by atoms with Crippen molar-refractivity contribution in [3.05, 3.63) is 12.2 Å². The van der Waals surface area contributed by atoms with Crippen molar-refractivity contribution in [2.45, 2.75) is 71.0 Å². The first-order chi connectivity index (χ1) is 11.6. The van der Waals surface area contributed by atoms with Crippen LogP contribution in [0.2, 0.25) is 6.32 Å². The van der Waals surface area contributed by atoms with Gasteiger partial charge in [0.25, 0.3) is 0 Å². The molecule has 1 fully saturated rings. The monoisotopic (exact) mass is 337 g/mol. The Bertz CT molecular complexity index is 380. The number of allylic oxidation sites excluding steroid dienone is 2. The summed E-state index contributed by atoms with van der Waals surface area (Å²) in [5.74, 6) is -0.710. The smallest absolute Gasteiger partial charge is 0.498 e. The first kappa shape index (κ1) is 20.7. The van der Waals surface area contributed by atoms with E-state index in [4.69, 9.17) is 9.31 Å². The second kappa shape index (κ2) is 13.0. The molecule has 24 heavy (non-hydrogen) atoms. The van der Waals surface area contributed by atoms with Gasteiger partial charge in [-0.2, -0.15) is 0 Å². The molecule has 0 bridgehead atoms. The van der Waals surface area contributed by atoms with Crippen LogP contribution in [0.1, 0.15) is 64.7 Å².